The zero-order valence-electron chi connectivity index (χ0n) is 13.7. The number of halogens is 2. The molecule has 0 unspecified atom stereocenters. The highest BCUT2D eigenvalue weighted by Gasteiger charge is 2.22. The van der Waals surface area contributed by atoms with Crippen LogP contribution in [0.15, 0.2) is 46.8 Å². The van der Waals surface area contributed by atoms with Gasteiger partial charge in [0.1, 0.15) is 0 Å². The van der Waals surface area contributed by atoms with Gasteiger partial charge in [-0.25, -0.2) is 0 Å². The number of nitrogens with one attached hydrogen (secondary N) is 2. The maximum Gasteiger partial charge on any atom is 0.291 e. The van der Waals surface area contributed by atoms with Gasteiger partial charge >= 0.3 is 0 Å². The third kappa shape index (κ3) is 4.56. The third-order valence-electron chi connectivity index (χ3n) is 3.42. The molecule has 1 aromatic heterocycles. The van der Waals surface area contributed by atoms with Crippen molar-refractivity contribution in [2.45, 2.75) is 11.3 Å². The minimum Gasteiger partial charge on any atom is -0.296 e. The average Bonchev–Trinajstić information content (AvgIpc) is 3.08. The highest BCUT2D eigenvalue weighted by atomic mass is 35.5. The van der Waals surface area contributed by atoms with Crippen LogP contribution in [0.1, 0.15) is 15.9 Å². The smallest absolute Gasteiger partial charge is 0.291 e. The van der Waals surface area contributed by atoms with Gasteiger partial charge in [-0.1, -0.05) is 52.7 Å². The monoisotopic (exact) mass is 442 g/mol. The van der Waals surface area contributed by atoms with Crippen molar-refractivity contribution in [1.29, 1.82) is 0 Å². The predicted octanol–water partition coefficient (Wildman–Crippen LogP) is 4.21. The number of aromatic nitrogens is 2. The van der Waals surface area contributed by atoms with Gasteiger partial charge in [0.25, 0.3) is 20.3 Å². The Morgan fingerprint density at radius 1 is 1.07 bits per heavy atom. The van der Waals surface area contributed by atoms with E-state index in [9.17, 15) is 13.2 Å². The van der Waals surface area contributed by atoms with Gasteiger partial charge in [0.05, 0.1) is 15.7 Å². The second kappa shape index (κ2) is 7.81. The molecule has 27 heavy (non-hydrogen) atoms. The first-order valence-electron chi connectivity index (χ1n) is 7.44. The molecule has 0 bridgehead atoms. The summed E-state index contributed by atoms with van der Waals surface area (Å²) in [4.78, 5) is 12.3. The first-order chi connectivity index (χ1) is 12.8. The molecule has 0 atom stereocenters. The largest absolute Gasteiger partial charge is 0.296 e. The Labute approximate surface area is 169 Å². The molecule has 0 aliphatic heterocycles. The fourth-order valence-corrected chi connectivity index (χ4v) is 4.36. The topological polar surface area (TPSA) is 101 Å². The van der Waals surface area contributed by atoms with Crippen LogP contribution in [0.4, 0.5) is 10.8 Å². The Morgan fingerprint density at radius 2 is 1.81 bits per heavy atom. The fourth-order valence-electron chi connectivity index (χ4n) is 2.12. The van der Waals surface area contributed by atoms with Crippen LogP contribution in [-0.2, 0) is 10.0 Å². The highest BCUT2D eigenvalue weighted by molar-refractivity contribution is 7.94. The van der Waals surface area contributed by atoms with Crippen molar-refractivity contribution in [1.82, 2.24) is 10.2 Å². The summed E-state index contributed by atoms with van der Waals surface area (Å²) in [5.41, 5.74) is 1.48. The number of hydrogen-bond donors (Lipinski definition) is 2. The lowest BCUT2D eigenvalue weighted by Crippen LogP contribution is -2.13. The van der Waals surface area contributed by atoms with E-state index in [2.05, 4.69) is 20.2 Å². The number of nitrogens with zero attached hydrogens (tertiary/aromatic N) is 2. The molecule has 0 aliphatic carbocycles. The summed E-state index contributed by atoms with van der Waals surface area (Å²) in [7, 11) is -3.99. The summed E-state index contributed by atoms with van der Waals surface area (Å²) in [5.74, 6) is -0.398. The van der Waals surface area contributed by atoms with Crippen molar-refractivity contribution in [3.05, 3.63) is 63.6 Å². The Kier molecular flexibility index (Phi) is 5.66. The highest BCUT2D eigenvalue weighted by Crippen LogP contribution is 2.28. The van der Waals surface area contributed by atoms with Crippen LogP contribution < -0.4 is 10.0 Å². The Morgan fingerprint density at radius 3 is 2.52 bits per heavy atom. The number of carbonyl (C=O) groups is 1. The van der Waals surface area contributed by atoms with Crippen LogP contribution >= 0.6 is 34.5 Å². The summed E-state index contributed by atoms with van der Waals surface area (Å²) < 4.78 is 26.9. The number of rotatable bonds is 5. The van der Waals surface area contributed by atoms with Gasteiger partial charge in [0.15, 0.2) is 0 Å². The van der Waals surface area contributed by atoms with Gasteiger partial charge in [-0.3, -0.25) is 14.8 Å². The zero-order chi connectivity index (χ0) is 19.6. The van der Waals surface area contributed by atoms with Crippen LogP contribution in [-0.4, -0.2) is 24.5 Å². The van der Waals surface area contributed by atoms with Gasteiger partial charge in [0, 0.05) is 5.56 Å². The number of amides is 1. The maximum atomic E-state index is 12.4. The minimum absolute atomic E-state index is 0.0674. The molecule has 3 rings (SSSR count). The molecule has 3 aromatic rings. The van der Waals surface area contributed by atoms with Crippen LogP contribution in [0.5, 0.6) is 0 Å². The van der Waals surface area contributed by atoms with Crippen LogP contribution in [0.3, 0.4) is 0 Å². The summed E-state index contributed by atoms with van der Waals surface area (Å²) in [5, 5.41) is 10.5. The molecule has 1 amide bonds. The second-order valence-corrected chi connectivity index (χ2v) is 9.02. The lowest BCUT2D eigenvalue weighted by Gasteiger charge is -2.06. The molecule has 0 radical (unpaired) electrons. The van der Waals surface area contributed by atoms with Crippen molar-refractivity contribution in [3.63, 3.8) is 0 Å². The zero-order valence-corrected chi connectivity index (χ0v) is 16.9. The van der Waals surface area contributed by atoms with Gasteiger partial charge in [0.2, 0.25) is 5.13 Å². The molecule has 0 saturated carbocycles. The van der Waals surface area contributed by atoms with Crippen LogP contribution in [0.2, 0.25) is 10.0 Å². The van der Waals surface area contributed by atoms with E-state index in [0.29, 0.717) is 10.6 Å². The molecule has 0 spiro atoms. The lowest BCUT2D eigenvalue weighted by atomic mass is 10.1. The normalized spacial score (nSPS) is 11.2. The SMILES string of the molecule is Cc1ccccc1C(=O)Nc1nnc(S(=O)(=O)Nc2ccc(Cl)c(Cl)c2)s1. The fraction of sp³-hybridized carbons (Fsp3) is 0.0625. The quantitative estimate of drug-likeness (QED) is 0.576. The Balaban J connectivity index is 1.77. The first-order valence-corrected chi connectivity index (χ1v) is 10.5. The summed E-state index contributed by atoms with van der Waals surface area (Å²) in [6.07, 6.45) is 0. The van der Waals surface area contributed by atoms with Crippen molar-refractivity contribution < 1.29 is 13.2 Å². The molecule has 11 heteroatoms. The molecule has 2 N–H and O–H groups in total. The van der Waals surface area contributed by atoms with Crippen molar-refractivity contribution in [3.8, 4) is 0 Å². The van der Waals surface area contributed by atoms with E-state index in [4.69, 9.17) is 23.2 Å². The second-order valence-electron chi connectivity index (χ2n) is 5.38. The van der Waals surface area contributed by atoms with Crippen LogP contribution in [0.25, 0.3) is 0 Å². The third-order valence-corrected chi connectivity index (χ3v) is 6.74. The van der Waals surface area contributed by atoms with Crippen molar-refractivity contribution >= 4 is 61.3 Å². The molecule has 1 heterocycles. The lowest BCUT2D eigenvalue weighted by molar-refractivity contribution is 0.102. The van der Waals surface area contributed by atoms with E-state index < -0.39 is 15.9 Å². The van der Waals surface area contributed by atoms with E-state index in [1.807, 2.05) is 6.07 Å². The molecule has 2 aromatic carbocycles. The van der Waals surface area contributed by atoms with Gasteiger partial charge in [-0.2, -0.15) is 8.42 Å². The number of hydrogen-bond acceptors (Lipinski definition) is 6. The molecule has 140 valence electrons. The summed E-state index contributed by atoms with van der Waals surface area (Å²) in [6.45, 7) is 1.80. The molecule has 0 aliphatic rings. The van der Waals surface area contributed by atoms with E-state index in [-0.39, 0.29) is 20.2 Å². The molecule has 0 saturated heterocycles. The number of sulfonamides is 1. The van der Waals surface area contributed by atoms with Gasteiger partial charge < -0.3 is 0 Å². The number of anilines is 2. The molecule has 7 nitrogen and oxygen atoms in total. The van der Waals surface area contributed by atoms with E-state index in [1.165, 1.54) is 18.2 Å². The predicted molar refractivity (Wildman–Crippen MR) is 106 cm³/mol. The summed E-state index contributed by atoms with van der Waals surface area (Å²) in [6, 6.07) is 11.3. The van der Waals surface area contributed by atoms with Crippen molar-refractivity contribution in [2.75, 3.05) is 10.0 Å². The first kappa shape index (κ1) is 19.6. The summed E-state index contributed by atoms with van der Waals surface area (Å²) >= 11 is 12.4. The molecular formula is C16H12Cl2N4O3S2. The molecular weight excluding hydrogens is 431 g/mol. The van der Waals surface area contributed by atoms with E-state index in [1.54, 1.807) is 25.1 Å². The number of benzene rings is 2. The minimum atomic E-state index is -3.99. The maximum absolute atomic E-state index is 12.4. The van der Waals surface area contributed by atoms with Gasteiger partial charge in [-0.05, 0) is 36.8 Å². The Hall–Kier alpha value is -2.20. The molecule has 0 fully saturated rings. The average molecular weight is 443 g/mol. The Bertz CT molecular complexity index is 1120. The van der Waals surface area contributed by atoms with Crippen molar-refractivity contribution in [2.24, 2.45) is 0 Å². The van der Waals surface area contributed by atoms with Crippen LogP contribution in [0, 0.1) is 6.92 Å². The number of aryl methyl sites for hydroxylation is 1. The number of carbonyl (C=O) groups excluding carboxylic acids is 1. The van der Waals surface area contributed by atoms with E-state index >= 15 is 0 Å². The van der Waals surface area contributed by atoms with E-state index in [0.717, 1.165) is 16.9 Å². The standard InChI is InChI=1S/C16H12Cl2N4O3S2/c1-9-4-2-3-5-11(9)14(23)19-15-20-21-16(26-15)27(24,25)22-10-6-7-12(17)13(18)8-10/h2-8,22H,1H3,(H,19,20,23). The van der Waals surface area contributed by atoms with Gasteiger partial charge in [-0.15, -0.1) is 10.2 Å².